The predicted molar refractivity (Wildman–Crippen MR) is 147 cm³/mol. The number of ether oxygens (including phenoxy) is 1. The van der Waals surface area contributed by atoms with Crippen LogP contribution >= 0.6 is 0 Å². The van der Waals surface area contributed by atoms with Gasteiger partial charge >= 0.3 is 6.09 Å². The number of aliphatic hydroxyl groups is 1. The van der Waals surface area contributed by atoms with E-state index >= 15 is 0 Å². The average Bonchev–Trinajstić information content (AvgIpc) is 3.71. The van der Waals surface area contributed by atoms with Gasteiger partial charge in [0.25, 0.3) is 10.0 Å². The third-order valence-electron chi connectivity index (χ3n) is 6.85. The maximum absolute atomic E-state index is 13.5. The number of carbonyl (C=O) groups is 1. The summed E-state index contributed by atoms with van der Waals surface area (Å²) in [6, 6.07) is 13.1. The third-order valence-corrected chi connectivity index (χ3v) is 8.53. The summed E-state index contributed by atoms with van der Waals surface area (Å²) < 4.78 is 41.6. The van der Waals surface area contributed by atoms with E-state index in [2.05, 4.69) is 4.98 Å². The summed E-state index contributed by atoms with van der Waals surface area (Å²) >= 11 is 0. The number of carbonyl (C=O) groups excluding carboxylic acids is 1. The normalized spacial score (nSPS) is 16.3. The molecule has 208 valence electrons. The molecule has 5 aromatic rings. The Bertz CT molecular complexity index is 1830. The van der Waals surface area contributed by atoms with Gasteiger partial charge in [-0.25, -0.2) is 27.2 Å². The van der Waals surface area contributed by atoms with Gasteiger partial charge in [-0.05, 0) is 57.5 Å². The summed E-state index contributed by atoms with van der Waals surface area (Å²) in [6.45, 7) is 6.07. The van der Waals surface area contributed by atoms with E-state index in [-0.39, 0.29) is 23.2 Å². The van der Waals surface area contributed by atoms with Crippen molar-refractivity contribution in [1.29, 1.82) is 0 Å². The molecule has 1 amide bonds. The zero-order valence-corrected chi connectivity index (χ0v) is 23.1. The monoisotopic (exact) mass is 563 g/mol. The molecule has 1 atom stereocenters. The molecule has 0 bridgehead atoms. The predicted octanol–water partition coefficient (Wildman–Crippen LogP) is 4.56. The number of hydrogen-bond donors (Lipinski definition) is 1. The molecule has 4 aromatic heterocycles. The number of fused-ring (bicyclic) bond motifs is 3. The highest BCUT2D eigenvalue weighted by Gasteiger charge is 2.34. The lowest BCUT2D eigenvalue weighted by molar-refractivity contribution is 0.0289. The Morgan fingerprint density at radius 2 is 1.93 bits per heavy atom. The summed E-state index contributed by atoms with van der Waals surface area (Å²) in [5, 5.41) is 10.2. The van der Waals surface area contributed by atoms with Crippen LogP contribution in [0.15, 0.2) is 70.2 Å². The summed E-state index contributed by atoms with van der Waals surface area (Å²) in [7, 11) is -3.90. The van der Waals surface area contributed by atoms with Crippen LogP contribution in [-0.4, -0.2) is 61.7 Å². The molecule has 5 heterocycles. The average molecular weight is 564 g/mol. The minimum Gasteiger partial charge on any atom is -0.455 e. The van der Waals surface area contributed by atoms with Crippen molar-refractivity contribution in [2.75, 3.05) is 13.1 Å². The summed E-state index contributed by atoms with van der Waals surface area (Å²) in [6.07, 6.45) is 3.27. The number of rotatable bonds is 5. The molecule has 11 nitrogen and oxygen atoms in total. The topological polar surface area (TPSA) is 133 Å². The van der Waals surface area contributed by atoms with E-state index in [1.807, 2.05) is 25.3 Å². The van der Waals surface area contributed by atoms with Gasteiger partial charge in [-0.3, -0.25) is 0 Å². The third kappa shape index (κ3) is 4.42. The van der Waals surface area contributed by atoms with Crippen LogP contribution in [0.4, 0.5) is 4.79 Å². The number of likely N-dealkylation sites (tertiary alicyclic amines) is 1. The van der Waals surface area contributed by atoms with E-state index < -0.39 is 21.7 Å². The molecule has 40 heavy (non-hydrogen) atoms. The van der Waals surface area contributed by atoms with Crippen LogP contribution in [0, 0.1) is 0 Å². The van der Waals surface area contributed by atoms with Crippen molar-refractivity contribution in [2.45, 2.75) is 50.3 Å². The van der Waals surface area contributed by atoms with E-state index in [4.69, 9.17) is 14.1 Å². The first-order valence-electron chi connectivity index (χ1n) is 12.9. The van der Waals surface area contributed by atoms with E-state index in [1.54, 1.807) is 59.6 Å². The molecular weight excluding hydrogens is 534 g/mol. The summed E-state index contributed by atoms with van der Waals surface area (Å²) in [5.74, 6) is 1.33. The molecule has 1 unspecified atom stereocenters. The number of nitrogens with zero attached hydrogens (tertiary/aromatic N) is 5. The van der Waals surface area contributed by atoms with Crippen molar-refractivity contribution in [3.63, 3.8) is 0 Å². The number of hydrogen-bond acceptors (Lipinski definition) is 8. The highest BCUT2D eigenvalue weighted by Crippen LogP contribution is 2.37. The zero-order chi connectivity index (χ0) is 28.2. The Kier molecular flexibility index (Phi) is 6.19. The highest BCUT2D eigenvalue weighted by molar-refractivity contribution is 7.90. The quantitative estimate of drug-likeness (QED) is 0.329. The van der Waals surface area contributed by atoms with Gasteiger partial charge in [-0.2, -0.15) is 0 Å². The molecule has 1 saturated heterocycles. The fourth-order valence-electron chi connectivity index (χ4n) is 5.10. The van der Waals surface area contributed by atoms with E-state index in [9.17, 15) is 18.3 Å². The van der Waals surface area contributed by atoms with Crippen molar-refractivity contribution >= 4 is 38.2 Å². The van der Waals surface area contributed by atoms with Gasteiger partial charge in [-0.15, -0.1) is 0 Å². The second-order valence-electron chi connectivity index (χ2n) is 10.8. The number of furan rings is 1. The fraction of sp³-hybridized carbons (Fsp3) is 0.321. The SMILES string of the molecule is CC(C)(C)OC(=O)N1CCC(n2c(-c3ccc(CO)o3)nc3cnc4c(ccn4S(=O)(=O)c4ccccc4)c32)C1. The molecule has 1 aliphatic heterocycles. The van der Waals surface area contributed by atoms with Crippen LogP contribution in [0.1, 0.15) is 39.0 Å². The smallest absolute Gasteiger partial charge is 0.410 e. The lowest BCUT2D eigenvalue weighted by atomic mass is 10.2. The number of imidazole rings is 1. The Morgan fingerprint density at radius 1 is 1.15 bits per heavy atom. The van der Waals surface area contributed by atoms with Crippen LogP contribution in [0.2, 0.25) is 0 Å². The van der Waals surface area contributed by atoms with E-state index in [0.29, 0.717) is 53.3 Å². The Labute approximate surface area is 230 Å². The highest BCUT2D eigenvalue weighted by atomic mass is 32.2. The van der Waals surface area contributed by atoms with Crippen LogP contribution in [-0.2, 0) is 21.4 Å². The van der Waals surface area contributed by atoms with Crippen molar-refractivity contribution in [3.8, 4) is 11.6 Å². The molecule has 1 aromatic carbocycles. The number of aliphatic hydroxyl groups excluding tert-OH is 1. The maximum Gasteiger partial charge on any atom is 0.410 e. The second-order valence-corrected chi connectivity index (χ2v) is 12.6. The molecule has 0 spiro atoms. The van der Waals surface area contributed by atoms with Crippen LogP contribution in [0.25, 0.3) is 33.7 Å². The first-order valence-corrected chi connectivity index (χ1v) is 14.4. The minimum absolute atomic E-state index is 0.152. The summed E-state index contributed by atoms with van der Waals surface area (Å²) in [5.41, 5.74) is 0.874. The molecule has 0 radical (unpaired) electrons. The lowest BCUT2D eigenvalue weighted by Gasteiger charge is -2.24. The van der Waals surface area contributed by atoms with Gasteiger partial charge in [-0.1, -0.05) is 18.2 Å². The molecule has 1 aliphatic rings. The van der Waals surface area contributed by atoms with Crippen molar-refractivity contribution in [3.05, 3.63) is 66.7 Å². The van der Waals surface area contributed by atoms with Gasteiger partial charge in [0.1, 0.15) is 23.5 Å². The number of benzene rings is 1. The lowest BCUT2D eigenvalue weighted by Crippen LogP contribution is -2.35. The van der Waals surface area contributed by atoms with E-state index in [0.717, 1.165) is 0 Å². The Morgan fingerprint density at radius 3 is 2.62 bits per heavy atom. The zero-order valence-electron chi connectivity index (χ0n) is 22.3. The van der Waals surface area contributed by atoms with Gasteiger partial charge in [0.2, 0.25) is 0 Å². The second kappa shape index (κ2) is 9.49. The number of pyridine rings is 1. The first kappa shape index (κ1) is 26.1. The van der Waals surface area contributed by atoms with Crippen LogP contribution < -0.4 is 0 Å². The minimum atomic E-state index is -3.90. The Balaban J connectivity index is 1.51. The van der Waals surface area contributed by atoms with Crippen LogP contribution in [0.3, 0.4) is 0 Å². The van der Waals surface area contributed by atoms with Crippen molar-refractivity contribution in [2.24, 2.45) is 0 Å². The van der Waals surface area contributed by atoms with E-state index in [1.165, 1.54) is 10.2 Å². The van der Waals surface area contributed by atoms with Crippen molar-refractivity contribution in [1.82, 2.24) is 23.4 Å². The fourth-order valence-corrected chi connectivity index (χ4v) is 6.43. The molecule has 0 saturated carbocycles. The van der Waals surface area contributed by atoms with Gasteiger partial charge < -0.3 is 23.7 Å². The summed E-state index contributed by atoms with van der Waals surface area (Å²) in [4.78, 5) is 24.0. The molecule has 1 fully saturated rings. The molecule has 6 rings (SSSR count). The molecule has 0 aliphatic carbocycles. The van der Waals surface area contributed by atoms with Gasteiger partial charge in [0, 0.05) is 24.7 Å². The maximum atomic E-state index is 13.5. The number of aromatic nitrogens is 4. The standard InChI is InChI=1S/C28H29N5O6S/c1-28(2,3)39-27(35)31-13-11-18(16-31)33-24-21-12-14-32(40(36,37)20-7-5-4-6-8-20)25(21)29-15-22(24)30-26(33)23-10-9-19(17-34)38-23/h4-10,12,14-15,18,34H,11,13,16-17H2,1-3H3. The largest absolute Gasteiger partial charge is 0.455 e. The molecule has 1 N–H and O–H groups in total. The molecule has 12 heteroatoms. The first-order chi connectivity index (χ1) is 19.1. The number of amides is 1. The molecular formula is C28H29N5O6S. The van der Waals surface area contributed by atoms with Crippen LogP contribution in [0.5, 0.6) is 0 Å². The van der Waals surface area contributed by atoms with Crippen molar-refractivity contribution < 1.29 is 27.5 Å². The Hall–Kier alpha value is -4.16. The van der Waals surface area contributed by atoms with Gasteiger partial charge in [0.05, 0.1) is 22.7 Å². The van der Waals surface area contributed by atoms with Gasteiger partial charge in [0.15, 0.2) is 17.2 Å².